The normalized spacial score (nSPS) is 18.9. The van der Waals surface area contributed by atoms with Crippen molar-refractivity contribution in [1.29, 1.82) is 0 Å². The average Bonchev–Trinajstić information content (AvgIpc) is 2.44. The highest BCUT2D eigenvalue weighted by Crippen LogP contribution is 2.46. The lowest BCUT2D eigenvalue weighted by atomic mass is 9.65. The quantitative estimate of drug-likeness (QED) is 0.804. The smallest absolute Gasteiger partial charge is 0.304 e. The van der Waals surface area contributed by atoms with Gasteiger partial charge in [-0.2, -0.15) is 0 Å². The van der Waals surface area contributed by atoms with Crippen molar-refractivity contribution in [3.05, 3.63) is 23.7 Å². The highest BCUT2D eigenvalue weighted by atomic mass is 16.4. The Morgan fingerprint density at radius 3 is 2.64 bits per heavy atom. The summed E-state index contributed by atoms with van der Waals surface area (Å²) in [6, 6.07) is 3.81. The van der Waals surface area contributed by atoms with E-state index in [0.29, 0.717) is 0 Å². The average molecular weight is 194 g/mol. The predicted octanol–water partition coefficient (Wildman–Crippen LogP) is 2.48. The Morgan fingerprint density at radius 2 is 2.29 bits per heavy atom. The number of hydrogen-bond donors (Lipinski definition) is 1. The van der Waals surface area contributed by atoms with Crippen LogP contribution in [0, 0.1) is 6.92 Å². The first kappa shape index (κ1) is 9.31. The summed E-state index contributed by atoms with van der Waals surface area (Å²) in [4.78, 5) is 10.7. The number of hydrogen-bond acceptors (Lipinski definition) is 2. The van der Waals surface area contributed by atoms with Gasteiger partial charge >= 0.3 is 5.97 Å². The number of rotatable bonds is 3. The standard InChI is InChI=1S/C11H14O3/c1-8-3-4-9(14-8)11(5-2-6-11)7-10(12)13/h3-4H,2,5-7H2,1H3,(H,12,13). The minimum absolute atomic E-state index is 0.194. The summed E-state index contributed by atoms with van der Waals surface area (Å²) >= 11 is 0. The third-order valence-electron chi connectivity index (χ3n) is 3.06. The second-order valence-corrected chi connectivity index (χ2v) is 4.11. The number of aliphatic carboxylic acids is 1. The molecule has 3 nitrogen and oxygen atoms in total. The van der Waals surface area contributed by atoms with Gasteiger partial charge in [0.1, 0.15) is 11.5 Å². The third kappa shape index (κ3) is 1.43. The predicted molar refractivity (Wildman–Crippen MR) is 51.2 cm³/mol. The minimum Gasteiger partial charge on any atom is -0.481 e. The van der Waals surface area contributed by atoms with E-state index in [9.17, 15) is 4.79 Å². The Labute approximate surface area is 82.7 Å². The number of carbonyl (C=O) groups is 1. The van der Waals surface area contributed by atoms with Crippen LogP contribution in [0.5, 0.6) is 0 Å². The summed E-state index contributed by atoms with van der Waals surface area (Å²) in [5.74, 6) is 0.971. The van der Waals surface area contributed by atoms with Gasteiger partial charge in [0.15, 0.2) is 0 Å². The van der Waals surface area contributed by atoms with Crippen LogP contribution >= 0.6 is 0 Å². The molecule has 0 radical (unpaired) electrons. The largest absolute Gasteiger partial charge is 0.481 e. The van der Waals surface area contributed by atoms with Gasteiger partial charge in [0, 0.05) is 5.41 Å². The van der Waals surface area contributed by atoms with Crippen LogP contribution in [0.3, 0.4) is 0 Å². The highest BCUT2D eigenvalue weighted by molar-refractivity contribution is 5.69. The van der Waals surface area contributed by atoms with Crippen molar-refractivity contribution in [1.82, 2.24) is 0 Å². The van der Waals surface area contributed by atoms with Crippen LogP contribution in [-0.4, -0.2) is 11.1 Å². The number of carboxylic acids is 1. The first-order chi connectivity index (χ1) is 6.62. The Balaban J connectivity index is 2.24. The van der Waals surface area contributed by atoms with Gasteiger partial charge < -0.3 is 9.52 Å². The SMILES string of the molecule is Cc1ccc(C2(CC(=O)O)CCC2)o1. The number of furan rings is 1. The molecule has 3 heteroatoms. The van der Waals surface area contributed by atoms with Crippen LogP contribution < -0.4 is 0 Å². The molecule has 0 aromatic carbocycles. The van der Waals surface area contributed by atoms with Gasteiger partial charge in [0.25, 0.3) is 0 Å². The van der Waals surface area contributed by atoms with Crippen molar-refractivity contribution in [3.8, 4) is 0 Å². The maximum atomic E-state index is 10.7. The van der Waals surface area contributed by atoms with Crippen LogP contribution in [0.4, 0.5) is 0 Å². The molecule has 1 aliphatic rings. The van der Waals surface area contributed by atoms with Gasteiger partial charge in [-0.3, -0.25) is 4.79 Å². The van der Waals surface area contributed by atoms with Crippen LogP contribution in [0.25, 0.3) is 0 Å². The molecular formula is C11H14O3. The molecule has 1 fully saturated rings. The molecule has 1 saturated carbocycles. The van der Waals surface area contributed by atoms with E-state index in [2.05, 4.69) is 0 Å². The first-order valence-corrected chi connectivity index (χ1v) is 4.91. The lowest BCUT2D eigenvalue weighted by Gasteiger charge is -2.38. The van der Waals surface area contributed by atoms with Gasteiger partial charge in [-0.25, -0.2) is 0 Å². The van der Waals surface area contributed by atoms with E-state index in [-0.39, 0.29) is 11.8 Å². The molecule has 1 aromatic rings. The first-order valence-electron chi connectivity index (χ1n) is 4.91. The molecule has 0 amide bonds. The molecule has 0 atom stereocenters. The van der Waals surface area contributed by atoms with Crippen LogP contribution in [-0.2, 0) is 10.2 Å². The molecule has 76 valence electrons. The molecular weight excluding hydrogens is 180 g/mol. The lowest BCUT2D eigenvalue weighted by Crippen LogP contribution is -2.36. The van der Waals surface area contributed by atoms with E-state index in [0.717, 1.165) is 30.8 Å². The molecule has 14 heavy (non-hydrogen) atoms. The number of aryl methyl sites for hydroxylation is 1. The Kier molecular flexibility index (Phi) is 2.10. The maximum Gasteiger partial charge on any atom is 0.304 e. The second kappa shape index (κ2) is 3.15. The van der Waals surface area contributed by atoms with Crippen LogP contribution in [0.2, 0.25) is 0 Å². The number of carboxylic acid groups (broad SMARTS) is 1. The Morgan fingerprint density at radius 1 is 1.57 bits per heavy atom. The lowest BCUT2D eigenvalue weighted by molar-refractivity contribution is -0.139. The van der Waals surface area contributed by atoms with E-state index in [1.807, 2.05) is 19.1 Å². The van der Waals surface area contributed by atoms with Gasteiger partial charge in [0.2, 0.25) is 0 Å². The monoisotopic (exact) mass is 194 g/mol. The van der Waals surface area contributed by atoms with E-state index >= 15 is 0 Å². The summed E-state index contributed by atoms with van der Waals surface area (Å²) in [5.41, 5.74) is -0.208. The maximum absolute atomic E-state index is 10.7. The van der Waals surface area contributed by atoms with Gasteiger partial charge in [-0.15, -0.1) is 0 Å². The fraction of sp³-hybridized carbons (Fsp3) is 0.545. The Hall–Kier alpha value is -1.25. The Bertz CT molecular complexity index is 347. The fourth-order valence-electron chi connectivity index (χ4n) is 2.12. The fourth-order valence-corrected chi connectivity index (χ4v) is 2.12. The second-order valence-electron chi connectivity index (χ2n) is 4.11. The van der Waals surface area contributed by atoms with Gasteiger partial charge in [-0.05, 0) is 31.9 Å². The van der Waals surface area contributed by atoms with Crippen molar-refractivity contribution in [2.24, 2.45) is 0 Å². The van der Waals surface area contributed by atoms with Crippen molar-refractivity contribution in [3.63, 3.8) is 0 Å². The van der Waals surface area contributed by atoms with Crippen molar-refractivity contribution < 1.29 is 14.3 Å². The van der Waals surface area contributed by atoms with Crippen molar-refractivity contribution in [2.75, 3.05) is 0 Å². The van der Waals surface area contributed by atoms with Crippen molar-refractivity contribution in [2.45, 2.75) is 38.0 Å². The molecule has 0 bridgehead atoms. The molecule has 1 N–H and O–H groups in total. The van der Waals surface area contributed by atoms with Crippen LogP contribution in [0.15, 0.2) is 16.5 Å². The molecule has 0 unspecified atom stereocenters. The molecule has 1 aliphatic carbocycles. The van der Waals surface area contributed by atoms with Crippen molar-refractivity contribution >= 4 is 5.97 Å². The minimum atomic E-state index is -0.737. The van der Waals surface area contributed by atoms with E-state index in [1.54, 1.807) is 0 Å². The van der Waals surface area contributed by atoms with Crippen LogP contribution in [0.1, 0.15) is 37.2 Å². The molecule has 0 aliphatic heterocycles. The summed E-state index contributed by atoms with van der Waals surface area (Å²) in [6.45, 7) is 1.89. The zero-order chi connectivity index (χ0) is 10.2. The highest BCUT2D eigenvalue weighted by Gasteiger charge is 2.43. The van der Waals surface area contributed by atoms with E-state index < -0.39 is 5.97 Å². The summed E-state index contributed by atoms with van der Waals surface area (Å²) in [5, 5.41) is 8.84. The zero-order valence-electron chi connectivity index (χ0n) is 8.25. The molecule has 1 heterocycles. The summed E-state index contributed by atoms with van der Waals surface area (Å²) in [7, 11) is 0. The third-order valence-corrected chi connectivity index (χ3v) is 3.06. The summed E-state index contributed by atoms with van der Waals surface area (Å²) in [6.07, 6.45) is 3.17. The molecule has 0 spiro atoms. The molecule has 0 saturated heterocycles. The van der Waals surface area contributed by atoms with E-state index in [1.165, 1.54) is 0 Å². The van der Waals surface area contributed by atoms with Gasteiger partial charge in [0.05, 0.1) is 6.42 Å². The summed E-state index contributed by atoms with van der Waals surface area (Å²) < 4.78 is 5.53. The zero-order valence-corrected chi connectivity index (χ0v) is 8.25. The molecule has 2 rings (SSSR count). The molecule has 1 aromatic heterocycles. The topological polar surface area (TPSA) is 50.4 Å². The van der Waals surface area contributed by atoms with Gasteiger partial charge in [-0.1, -0.05) is 6.42 Å². The van der Waals surface area contributed by atoms with E-state index in [4.69, 9.17) is 9.52 Å².